The van der Waals surface area contributed by atoms with E-state index in [4.69, 9.17) is 4.74 Å². The van der Waals surface area contributed by atoms with Crippen LogP contribution in [0.4, 0.5) is 0 Å². The molecule has 0 saturated heterocycles. The van der Waals surface area contributed by atoms with Gasteiger partial charge in [0.2, 0.25) is 0 Å². The van der Waals surface area contributed by atoms with Crippen molar-refractivity contribution in [1.29, 1.82) is 0 Å². The van der Waals surface area contributed by atoms with E-state index in [2.05, 4.69) is 14.1 Å². The molecular formula is C14H22NO2+. The van der Waals surface area contributed by atoms with Gasteiger partial charge in [0.25, 0.3) is 0 Å². The van der Waals surface area contributed by atoms with Crippen molar-refractivity contribution in [3.63, 3.8) is 0 Å². The van der Waals surface area contributed by atoms with Gasteiger partial charge in [-0.3, -0.25) is 4.79 Å². The molecule has 3 nitrogen and oxygen atoms in total. The SMILES string of the molecule is C[NH+](C)CCCOC(=O)CCc1ccccc1. The molecule has 0 amide bonds. The molecule has 0 radical (unpaired) electrons. The van der Waals surface area contributed by atoms with Crippen LogP contribution in [-0.2, 0) is 16.0 Å². The first kappa shape index (κ1) is 13.7. The van der Waals surface area contributed by atoms with Crippen molar-refractivity contribution in [3.05, 3.63) is 35.9 Å². The fourth-order valence-corrected chi connectivity index (χ4v) is 1.57. The lowest BCUT2D eigenvalue weighted by Crippen LogP contribution is -3.05. The Morgan fingerprint density at radius 3 is 2.59 bits per heavy atom. The van der Waals surface area contributed by atoms with Gasteiger partial charge >= 0.3 is 5.97 Å². The lowest BCUT2D eigenvalue weighted by Gasteiger charge is -2.07. The highest BCUT2D eigenvalue weighted by Crippen LogP contribution is 2.03. The van der Waals surface area contributed by atoms with Crippen LogP contribution < -0.4 is 4.90 Å². The van der Waals surface area contributed by atoms with Crippen LogP contribution in [0.2, 0.25) is 0 Å². The predicted molar refractivity (Wildman–Crippen MR) is 68.0 cm³/mol. The van der Waals surface area contributed by atoms with Gasteiger partial charge in [-0.05, 0) is 12.0 Å². The number of ether oxygens (including phenoxy) is 1. The summed E-state index contributed by atoms with van der Waals surface area (Å²) in [5.41, 5.74) is 1.18. The fraction of sp³-hybridized carbons (Fsp3) is 0.500. The zero-order chi connectivity index (χ0) is 12.5. The fourth-order valence-electron chi connectivity index (χ4n) is 1.57. The van der Waals surface area contributed by atoms with E-state index in [9.17, 15) is 4.79 Å². The summed E-state index contributed by atoms with van der Waals surface area (Å²) in [5.74, 6) is -0.0948. The van der Waals surface area contributed by atoms with Crippen molar-refractivity contribution >= 4 is 5.97 Å². The highest BCUT2D eigenvalue weighted by atomic mass is 16.5. The number of aryl methyl sites for hydroxylation is 1. The molecule has 1 N–H and O–H groups in total. The van der Waals surface area contributed by atoms with Crippen molar-refractivity contribution in [2.75, 3.05) is 27.2 Å². The van der Waals surface area contributed by atoms with E-state index in [1.54, 1.807) is 0 Å². The molecule has 0 aliphatic carbocycles. The van der Waals surface area contributed by atoms with Gasteiger partial charge < -0.3 is 9.64 Å². The average Bonchev–Trinajstić information content (AvgIpc) is 2.33. The summed E-state index contributed by atoms with van der Waals surface area (Å²) in [7, 11) is 4.19. The van der Waals surface area contributed by atoms with Gasteiger partial charge in [-0.1, -0.05) is 30.3 Å². The number of benzene rings is 1. The lowest BCUT2D eigenvalue weighted by atomic mass is 10.1. The highest BCUT2D eigenvalue weighted by molar-refractivity contribution is 5.69. The molecule has 0 aromatic heterocycles. The third kappa shape index (κ3) is 6.74. The van der Waals surface area contributed by atoms with Crippen LogP contribution >= 0.6 is 0 Å². The van der Waals surface area contributed by atoms with Crippen LogP contribution in [0.25, 0.3) is 0 Å². The molecule has 94 valence electrons. The van der Waals surface area contributed by atoms with Crippen molar-refractivity contribution in [1.82, 2.24) is 0 Å². The molecule has 1 aromatic rings. The molecule has 1 rings (SSSR count). The molecule has 0 aliphatic rings. The van der Waals surface area contributed by atoms with E-state index in [-0.39, 0.29) is 5.97 Å². The summed E-state index contributed by atoms with van der Waals surface area (Å²) in [4.78, 5) is 12.8. The quantitative estimate of drug-likeness (QED) is 0.558. The van der Waals surface area contributed by atoms with Crippen molar-refractivity contribution in [2.24, 2.45) is 0 Å². The maximum atomic E-state index is 11.4. The molecule has 0 fully saturated rings. The number of quaternary nitrogens is 1. The number of nitrogens with one attached hydrogen (secondary N) is 1. The van der Waals surface area contributed by atoms with E-state index >= 15 is 0 Å². The molecule has 17 heavy (non-hydrogen) atoms. The Bertz CT molecular complexity index is 322. The Morgan fingerprint density at radius 1 is 1.24 bits per heavy atom. The number of esters is 1. The van der Waals surface area contributed by atoms with Crippen LogP contribution in [-0.4, -0.2) is 33.2 Å². The zero-order valence-corrected chi connectivity index (χ0v) is 10.7. The van der Waals surface area contributed by atoms with Crippen LogP contribution in [0.15, 0.2) is 30.3 Å². The Hall–Kier alpha value is -1.35. The summed E-state index contributed by atoms with van der Waals surface area (Å²) in [6.45, 7) is 1.57. The molecular weight excluding hydrogens is 214 g/mol. The molecule has 1 aromatic carbocycles. The summed E-state index contributed by atoms with van der Waals surface area (Å²) >= 11 is 0. The molecule has 0 bridgehead atoms. The van der Waals surface area contributed by atoms with Crippen molar-refractivity contribution in [2.45, 2.75) is 19.3 Å². The summed E-state index contributed by atoms with van der Waals surface area (Å²) in [6, 6.07) is 10.0. The standard InChI is InChI=1S/C14H21NO2/c1-15(2)11-6-12-17-14(16)10-9-13-7-4-3-5-8-13/h3-5,7-8H,6,9-12H2,1-2H3/p+1. The first-order chi connectivity index (χ1) is 8.18. The van der Waals surface area contributed by atoms with Gasteiger partial charge in [0.15, 0.2) is 0 Å². The number of hydrogen-bond donors (Lipinski definition) is 1. The molecule has 0 spiro atoms. The second kappa shape index (κ2) is 7.85. The molecule has 0 heterocycles. The molecule has 3 heteroatoms. The Balaban J connectivity index is 2.09. The van der Waals surface area contributed by atoms with Crippen LogP contribution in [0.5, 0.6) is 0 Å². The van der Waals surface area contributed by atoms with Gasteiger partial charge in [-0.25, -0.2) is 0 Å². The van der Waals surface area contributed by atoms with E-state index in [1.165, 1.54) is 10.5 Å². The Labute approximate surface area is 103 Å². The van der Waals surface area contributed by atoms with Gasteiger partial charge in [0, 0.05) is 12.8 Å². The van der Waals surface area contributed by atoms with E-state index < -0.39 is 0 Å². The minimum absolute atomic E-state index is 0.0948. The predicted octanol–water partition coefficient (Wildman–Crippen LogP) is 0.697. The average molecular weight is 236 g/mol. The molecule has 0 atom stereocenters. The number of rotatable bonds is 7. The van der Waals surface area contributed by atoms with E-state index in [1.807, 2.05) is 30.3 Å². The normalized spacial score (nSPS) is 10.5. The number of carbonyl (C=O) groups excluding carboxylic acids is 1. The monoisotopic (exact) mass is 236 g/mol. The maximum absolute atomic E-state index is 11.4. The van der Waals surface area contributed by atoms with Crippen molar-refractivity contribution in [3.8, 4) is 0 Å². The molecule has 0 aliphatic heterocycles. The topological polar surface area (TPSA) is 30.7 Å². The number of carbonyl (C=O) groups is 1. The Kier molecular flexibility index (Phi) is 6.33. The zero-order valence-electron chi connectivity index (χ0n) is 10.7. The molecule has 0 saturated carbocycles. The number of hydrogen-bond acceptors (Lipinski definition) is 2. The van der Waals surface area contributed by atoms with Crippen LogP contribution in [0.1, 0.15) is 18.4 Å². The lowest BCUT2D eigenvalue weighted by molar-refractivity contribution is -0.858. The Morgan fingerprint density at radius 2 is 1.94 bits per heavy atom. The van der Waals surface area contributed by atoms with E-state index in [0.717, 1.165) is 19.4 Å². The third-order valence-electron chi connectivity index (χ3n) is 2.54. The first-order valence-electron chi connectivity index (χ1n) is 6.17. The van der Waals surface area contributed by atoms with E-state index in [0.29, 0.717) is 13.0 Å². The largest absolute Gasteiger partial charge is 0.465 e. The minimum Gasteiger partial charge on any atom is -0.465 e. The van der Waals surface area contributed by atoms with Crippen molar-refractivity contribution < 1.29 is 14.4 Å². The smallest absolute Gasteiger partial charge is 0.306 e. The van der Waals surface area contributed by atoms with Gasteiger partial charge in [0.05, 0.1) is 27.2 Å². The van der Waals surface area contributed by atoms with Gasteiger partial charge in [-0.2, -0.15) is 0 Å². The minimum atomic E-state index is -0.0948. The van der Waals surface area contributed by atoms with Gasteiger partial charge in [-0.15, -0.1) is 0 Å². The second-order valence-electron chi connectivity index (χ2n) is 4.52. The third-order valence-corrected chi connectivity index (χ3v) is 2.54. The second-order valence-corrected chi connectivity index (χ2v) is 4.52. The summed E-state index contributed by atoms with van der Waals surface area (Å²) in [6.07, 6.45) is 2.16. The van der Waals surface area contributed by atoms with Gasteiger partial charge in [0.1, 0.15) is 0 Å². The highest BCUT2D eigenvalue weighted by Gasteiger charge is 2.03. The molecule has 0 unspecified atom stereocenters. The van der Waals surface area contributed by atoms with Crippen LogP contribution in [0.3, 0.4) is 0 Å². The first-order valence-corrected chi connectivity index (χ1v) is 6.17. The maximum Gasteiger partial charge on any atom is 0.306 e. The summed E-state index contributed by atoms with van der Waals surface area (Å²) in [5, 5.41) is 0. The van der Waals surface area contributed by atoms with Crippen LogP contribution in [0, 0.1) is 0 Å². The summed E-state index contributed by atoms with van der Waals surface area (Å²) < 4.78 is 5.16.